The highest BCUT2D eigenvalue weighted by atomic mass is 16.6. The van der Waals surface area contributed by atoms with Crippen molar-refractivity contribution in [3.8, 4) is 0 Å². The van der Waals surface area contributed by atoms with Crippen LogP contribution in [0.2, 0.25) is 0 Å². The number of nitro benzene ring substituents is 1. The summed E-state index contributed by atoms with van der Waals surface area (Å²) in [5, 5.41) is 17.0. The van der Waals surface area contributed by atoms with Gasteiger partial charge in [0.25, 0.3) is 5.69 Å². The molecular weight excluding hydrogens is 270 g/mol. The number of carbonyl (C=O) groups excluding carboxylic acids is 1. The highest BCUT2D eigenvalue weighted by molar-refractivity contribution is 5.96. The second-order valence-corrected chi connectivity index (χ2v) is 5.99. The van der Waals surface area contributed by atoms with Crippen LogP contribution in [0.4, 0.5) is 11.4 Å². The minimum atomic E-state index is -0.572. The third kappa shape index (κ3) is 3.39. The fourth-order valence-electron chi connectivity index (χ4n) is 2.68. The van der Waals surface area contributed by atoms with E-state index in [0.717, 1.165) is 25.9 Å². The Morgan fingerprint density at radius 1 is 1.43 bits per heavy atom. The van der Waals surface area contributed by atoms with E-state index >= 15 is 0 Å². The van der Waals surface area contributed by atoms with Crippen molar-refractivity contribution in [2.45, 2.75) is 26.7 Å². The van der Waals surface area contributed by atoms with Crippen LogP contribution in [0.3, 0.4) is 0 Å². The van der Waals surface area contributed by atoms with Crippen molar-refractivity contribution >= 4 is 17.3 Å². The molecule has 1 aliphatic rings. The molecule has 6 heteroatoms. The van der Waals surface area contributed by atoms with E-state index in [1.54, 1.807) is 18.2 Å². The molecule has 0 radical (unpaired) electrons. The molecule has 0 aromatic heterocycles. The van der Waals surface area contributed by atoms with Crippen LogP contribution in [0.5, 0.6) is 0 Å². The molecule has 1 heterocycles. The second-order valence-electron chi connectivity index (χ2n) is 5.99. The molecule has 0 aliphatic carbocycles. The fourth-order valence-corrected chi connectivity index (χ4v) is 2.68. The van der Waals surface area contributed by atoms with E-state index < -0.39 is 10.3 Å². The summed E-state index contributed by atoms with van der Waals surface area (Å²) in [6.07, 6.45) is 2.04. The first-order chi connectivity index (χ1) is 9.93. The summed E-state index contributed by atoms with van der Waals surface area (Å²) in [7, 11) is 0. The van der Waals surface area contributed by atoms with Gasteiger partial charge in [-0.25, -0.2) is 0 Å². The molecule has 6 nitrogen and oxygen atoms in total. The van der Waals surface area contributed by atoms with Crippen LogP contribution in [-0.4, -0.2) is 23.9 Å². The van der Waals surface area contributed by atoms with Gasteiger partial charge in [0.2, 0.25) is 5.91 Å². The number of piperidine rings is 1. The number of anilines is 1. The number of benzene rings is 1. The largest absolute Gasteiger partial charge is 0.320 e. The molecule has 1 amide bonds. The third-order valence-corrected chi connectivity index (χ3v) is 4.25. The van der Waals surface area contributed by atoms with E-state index in [-0.39, 0.29) is 23.2 Å². The first-order valence-electron chi connectivity index (χ1n) is 7.18. The monoisotopic (exact) mass is 291 g/mol. The summed E-state index contributed by atoms with van der Waals surface area (Å²) in [5.41, 5.74) is -0.398. The van der Waals surface area contributed by atoms with Crippen LogP contribution in [0.1, 0.15) is 26.7 Å². The summed E-state index contributed by atoms with van der Waals surface area (Å²) in [6.45, 7) is 5.58. The van der Waals surface area contributed by atoms with Crippen molar-refractivity contribution in [1.29, 1.82) is 0 Å². The summed E-state index contributed by atoms with van der Waals surface area (Å²) >= 11 is 0. The third-order valence-electron chi connectivity index (χ3n) is 4.25. The molecule has 2 rings (SSSR count). The topological polar surface area (TPSA) is 84.3 Å². The molecule has 1 saturated heterocycles. The maximum absolute atomic E-state index is 12.5. The van der Waals surface area contributed by atoms with Crippen LogP contribution >= 0.6 is 0 Å². The van der Waals surface area contributed by atoms with Crippen molar-refractivity contribution in [3.05, 3.63) is 34.4 Å². The second kappa shape index (κ2) is 6.22. The van der Waals surface area contributed by atoms with E-state index in [2.05, 4.69) is 10.6 Å². The number of rotatable bonds is 4. The zero-order valence-corrected chi connectivity index (χ0v) is 12.4. The quantitative estimate of drug-likeness (QED) is 0.659. The van der Waals surface area contributed by atoms with Crippen LogP contribution < -0.4 is 10.6 Å². The van der Waals surface area contributed by atoms with E-state index in [9.17, 15) is 14.9 Å². The number of carbonyl (C=O) groups is 1. The minimum absolute atomic E-state index is 0.0802. The molecule has 1 atom stereocenters. The molecule has 1 fully saturated rings. The summed E-state index contributed by atoms with van der Waals surface area (Å²) in [4.78, 5) is 23.1. The average Bonchev–Trinajstić information content (AvgIpc) is 2.48. The molecule has 0 saturated carbocycles. The van der Waals surface area contributed by atoms with Gasteiger partial charge in [0.15, 0.2) is 0 Å². The lowest BCUT2D eigenvalue weighted by Crippen LogP contribution is -2.44. The van der Waals surface area contributed by atoms with Gasteiger partial charge in [0.05, 0.1) is 4.92 Å². The first kappa shape index (κ1) is 15.4. The number of nitro groups is 1. The lowest BCUT2D eigenvalue weighted by atomic mass is 9.74. The lowest BCUT2D eigenvalue weighted by molar-refractivity contribution is -0.383. The van der Waals surface area contributed by atoms with Gasteiger partial charge in [-0.15, -0.1) is 0 Å². The Morgan fingerprint density at radius 3 is 2.76 bits per heavy atom. The van der Waals surface area contributed by atoms with Crippen molar-refractivity contribution in [2.24, 2.45) is 11.3 Å². The summed E-state index contributed by atoms with van der Waals surface area (Å²) in [6, 6.07) is 6.22. The molecule has 1 aliphatic heterocycles. The Hall–Kier alpha value is -1.95. The van der Waals surface area contributed by atoms with E-state index in [1.807, 2.05) is 13.8 Å². The lowest BCUT2D eigenvalue weighted by Gasteiger charge is -2.35. The number of nitrogens with zero attached hydrogens (tertiary/aromatic N) is 1. The Balaban J connectivity index is 2.15. The van der Waals surface area contributed by atoms with Crippen molar-refractivity contribution < 1.29 is 9.72 Å². The van der Waals surface area contributed by atoms with Gasteiger partial charge in [-0.1, -0.05) is 26.0 Å². The number of amides is 1. The van der Waals surface area contributed by atoms with E-state index in [0.29, 0.717) is 0 Å². The van der Waals surface area contributed by atoms with Gasteiger partial charge < -0.3 is 10.6 Å². The predicted molar refractivity (Wildman–Crippen MR) is 81.1 cm³/mol. The SMILES string of the molecule is CC(C)(C(=O)Nc1ccccc1[N+](=O)[O-])C1CCCNC1. The molecule has 1 aromatic carbocycles. The summed E-state index contributed by atoms with van der Waals surface area (Å²) in [5.74, 6) is 0.0551. The maximum atomic E-state index is 12.5. The first-order valence-corrected chi connectivity index (χ1v) is 7.18. The molecular formula is C15H21N3O3. The normalized spacial score (nSPS) is 19.0. The Morgan fingerprint density at radius 2 is 2.14 bits per heavy atom. The molecule has 0 spiro atoms. The van der Waals surface area contributed by atoms with Crippen molar-refractivity contribution in [3.63, 3.8) is 0 Å². The van der Waals surface area contributed by atoms with Crippen LogP contribution in [0.25, 0.3) is 0 Å². The zero-order chi connectivity index (χ0) is 15.5. The van der Waals surface area contributed by atoms with Crippen molar-refractivity contribution in [2.75, 3.05) is 18.4 Å². The fraction of sp³-hybridized carbons (Fsp3) is 0.533. The standard InChI is InChI=1S/C15H21N3O3/c1-15(2,11-6-5-9-16-10-11)14(19)17-12-7-3-4-8-13(12)18(20)21/h3-4,7-8,11,16H,5-6,9-10H2,1-2H3,(H,17,19). The van der Waals surface area contributed by atoms with Gasteiger partial charge >= 0.3 is 0 Å². The predicted octanol–water partition coefficient (Wildman–Crippen LogP) is 2.56. The highest BCUT2D eigenvalue weighted by Gasteiger charge is 2.37. The van der Waals surface area contributed by atoms with Gasteiger partial charge in [0, 0.05) is 11.5 Å². The number of hydrogen-bond donors (Lipinski definition) is 2. The van der Waals surface area contributed by atoms with Gasteiger partial charge in [-0.2, -0.15) is 0 Å². The van der Waals surface area contributed by atoms with Crippen molar-refractivity contribution in [1.82, 2.24) is 5.32 Å². The zero-order valence-electron chi connectivity index (χ0n) is 12.4. The number of para-hydroxylation sites is 2. The molecule has 114 valence electrons. The van der Waals surface area contributed by atoms with Gasteiger partial charge in [-0.3, -0.25) is 14.9 Å². The summed E-state index contributed by atoms with van der Waals surface area (Å²) < 4.78 is 0. The van der Waals surface area contributed by atoms with Gasteiger partial charge in [0.1, 0.15) is 5.69 Å². The van der Waals surface area contributed by atoms with E-state index in [1.165, 1.54) is 6.07 Å². The number of nitrogens with one attached hydrogen (secondary N) is 2. The van der Waals surface area contributed by atoms with Crippen LogP contribution in [0.15, 0.2) is 24.3 Å². The van der Waals surface area contributed by atoms with Crippen LogP contribution in [0, 0.1) is 21.4 Å². The Bertz CT molecular complexity index is 537. The maximum Gasteiger partial charge on any atom is 0.292 e. The average molecular weight is 291 g/mol. The van der Waals surface area contributed by atoms with Crippen LogP contribution in [-0.2, 0) is 4.79 Å². The molecule has 1 aromatic rings. The molecule has 1 unspecified atom stereocenters. The number of hydrogen-bond acceptors (Lipinski definition) is 4. The molecule has 2 N–H and O–H groups in total. The Labute approximate surface area is 124 Å². The minimum Gasteiger partial charge on any atom is -0.320 e. The van der Waals surface area contributed by atoms with E-state index in [4.69, 9.17) is 0 Å². The van der Waals surface area contributed by atoms with Gasteiger partial charge in [-0.05, 0) is 37.9 Å². The highest BCUT2D eigenvalue weighted by Crippen LogP contribution is 2.34. The molecule has 21 heavy (non-hydrogen) atoms. The Kier molecular flexibility index (Phi) is 4.57. The molecule has 0 bridgehead atoms. The smallest absolute Gasteiger partial charge is 0.292 e.